The van der Waals surface area contributed by atoms with E-state index in [0.717, 1.165) is 37.7 Å². The number of benzene rings is 1. The first-order valence-electron chi connectivity index (χ1n) is 9.69. The van der Waals surface area contributed by atoms with Crippen molar-refractivity contribution in [2.24, 2.45) is 5.92 Å². The number of nitrogens with one attached hydrogen (secondary N) is 1. The van der Waals surface area contributed by atoms with Crippen molar-refractivity contribution in [3.05, 3.63) is 29.8 Å². The molecular weight excluding hydrogens is 314 g/mol. The van der Waals surface area contributed by atoms with Crippen molar-refractivity contribution in [1.29, 1.82) is 0 Å². The van der Waals surface area contributed by atoms with Crippen molar-refractivity contribution >= 4 is 11.7 Å². The van der Waals surface area contributed by atoms with E-state index in [1.165, 1.54) is 44.6 Å². The highest BCUT2D eigenvalue weighted by Crippen LogP contribution is 2.20. The lowest BCUT2D eigenvalue weighted by Crippen LogP contribution is -2.47. The van der Waals surface area contributed by atoms with Crippen LogP contribution in [0.4, 0.5) is 5.69 Å². The predicted octanol–water partition coefficient (Wildman–Crippen LogP) is 2.22. The van der Waals surface area contributed by atoms with E-state index in [2.05, 4.69) is 39.4 Å². The van der Waals surface area contributed by atoms with Gasteiger partial charge in [-0.2, -0.15) is 0 Å². The van der Waals surface area contributed by atoms with Crippen LogP contribution in [0.2, 0.25) is 0 Å². The number of hydrogen-bond acceptors (Lipinski definition) is 4. The van der Waals surface area contributed by atoms with Gasteiger partial charge >= 0.3 is 5.97 Å². The molecule has 0 atom stereocenters. The maximum Gasteiger partial charge on any atom is 0.303 e. The second kappa shape index (κ2) is 9.20. The molecule has 5 nitrogen and oxygen atoms in total. The molecule has 0 spiro atoms. The van der Waals surface area contributed by atoms with Crippen LogP contribution in [-0.2, 0) is 11.2 Å². The minimum Gasteiger partial charge on any atom is -0.481 e. The summed E-state index contributed by atoms with van der Waals surface area (Å²) in [5, 5.41) is 12.2. The average Bonchev–Trinajstić information content (AvgIpc) is 2.66. The van der Waals surface area contributed by atoms with Gasteiger partial charge in [0.25, 0.3) is 0 Å². The molecule has 0 bridgehead atoms. The van der Waals surface area contributed by atoms with Gasteiger partial charge in [-0.25, -0.2) is 0 Å². The number of carbonyl (C=O) groups is 1. The van der Waals surface area contributed by atoms with Crippen LogP contribution in [0, 0.1) is 5.92 Å². The fourth-order valence-corrected chi connectivity index (χ4v) is 3.89. The predicted molar refractivity (Wildman–Crippen MR) is 101 cm³/mol. The summed E-state index contributed by atoms with van der Waals surface area (Å²) in [6, 6.07) is 8.42. The van der Waals surface area contributed by atoms with Crippen LogP contribution in [-0.4, -0.2) is 61.8 Å². The highest BCUT2D eigenvalue weighted by molar-refractivity contribution is 5.67. The third kappa shape index (κ3) is 5.72. The fourth-order valence-electron chi connectivity index (χ4n) is 3.89. The molecule has 0 aliphatic carbocycles. The number of anilines is 1. The molecule has 2 fully saturated rings. The van der Waals surface area contributed by atoms with Gasteiger partial charge in [0.05, 0.1) is 0 Å². The largest absolute Gasteiger partial charge is 0.481 e. The summed E-state index contributed by atoms with van der Waals surface area (Å²) in [6.07, 6.45) is 4.84. The van der Waals surface area contributed by atoms with Crippen molar-refractivity contribution in [3.8, 4) is 0 Å². The van der Waals surface area contributed by atoms with Gasteiger partial charge in [-0.1, -0.05) is 12.1 Å². The number of aryl methyl sites for hydroxylation is 1. The molecule has 2 saturated heterocycles. The Labute approximate surface area is 151 Å². The summed E-state index contributed by atoms with van der Waals surface area (Å²) in [5.74, 6) is 0.183. The minimum absolute atomic E-state index is 0.203. The lowest BCUT2D eigenvalue weighted by molar-refractivity contribution is -0.136. The molecule has 2 N–H and O–H groups in total. The van der Waals surface area contributed by atoms with Crippen LogP contribution in [0.5, 0.6) is 0 Å². The first-order chi connectivity index (χ1) is 12.2. The summed E-state index contributed by atoms with van der Waals surface area (Å²) in [7, 11) is 0. The van der Waals surface area contributed by atoms with E-state index < -0.39 is 5.97 Å². The van der Waals surface area contributed by atoms with Crippen molar-refractivity contribution in [2.45, 2.75) is 32.1 Å². The number of aliphatic carboxylic acids is 1. The third-order valence-electron chi connectivity index (χ3n) is 5.61. The lowest BCUT2D eigenvalue weighted by Gasteiger charge is -2.37. The molecule has 2 heterocycles. The molecule has 5 heteroatoms. The molecule has 0 unspecified atom stereocenters. The normalized spacial score (nSPS) is 19.9. The third-order valence-corrected chi connectivity index (χ3v) is 5.61. The molecule has 0 aromatic heterocycles. The second-order valence-electron chi connectivity index (χ2n) is 7.37. The quantitative estimate of drug-likeness (QED) is 0.794. The first kappa shape index (κ1) is 18.2. The molecule has 1 aromatic rings. The van der Waals surface area contributed by atoms with Gasteiger partial charge in [-0.15, -0.1) is 0 Å². The summed E-state index contributed by atoms with van der Waals surface area (Å²) < 4.78 is 0. The Morgan fingerprint density at radius 2 is 1.76 bits per heavy atom. The fraction of sp³-hybridized carbons (Fsp3) is 0.650. The van der Waals surface area contributed by atoms with Crippen LogP contribution in [0.15, 0.2) is 24.3 Å². The number of carboxylic acid groups (broad SMARTS) is 1. The zero-order chi connectivity index (χ0) is 17.5. The van der Waals surface area contributed by atoms with Crippen LogP contribution >= 0.6 is 0 Å². The van der Waals surface area contributed by atoms with E-state index in [1.807, 2.05) is 0 Å². The molecular formula is C20H31N3O2. The van der Waals surface area contributed by atoms with E-state index in [-0.39, 0.29) is 6.42 Å². The topological polar surface area (TPSA) is 55.8 Å². The van der Waals surface area contributed by atoms with Crippen LogP contribution in [0.3, 0.4) is 0 Å². The molecule has 3 rings (SSSR count). The molecule has 1 aromatic carbocycles. The van der Waals surface area contributed by atoms with Gasteiger partial charge in [-0.3, -0.25) is 9.69 Å². The van der Waals surface area contributed by atoms with Gasteiger partial charge in [0.15, 0.2) is 0 Å². The summed E-state index contributed by atoms with van der Waals surface area (Å²) >= 11 is 0. The van der Waals surface area contributed by atoms with E-state index >= 15 is 0 Å². The van der Waals surface area contributed by atoms with Gasteiger partial charge in [0, 0.05) is 38.3 Å². The maximum absolute atomic E-state index is 10.7. The van der Waals surface area contributed by atoms with Crippen LogP contribution in [0.25, 0.3) is 0 Å². The Morgan fingerprint density at radius 1 is 1.08 bits per heavy atom. The highest BCUT2D eigenvalue weighted by atomic mass is 16.4. The van der Waals surface area contributed by atoms with Crippen molar-refractivity contribution < 1.29 is 9.90 Å². The average molecular weight is 345 g/mol. The summed E-state index contributed by atoms with van der Waals surface area (Å²) in [6.45, 7) is 8.09. The number of hydrogen-bond donors (Lipinski definition) is 2. The maximum atomic E-state index is 10.7. The smallest absolute Gasteiger partial charge is 0.303 e. The van der Waals surface area contributed by atoms with Crippen molar-refractivity contribution in [3.63, 3.8) is 0 Å². The zero-order valence-electron chi connectivity index (χ0n) is 15.1. The lowest BCUT2D eigenvalue weighted by atomic mass is 9.94. The molecule has 0 saturated carbocycles. The van der Waals surface area contributed by atoms with E-state index in [0.29, 0.717) is 6.42 Å². The van der Waals surface area contributed by atoms with Crippen molar-refractivity contribution in [1.82, 2.24) is 10.2 Å². The van der Waals surface area contributed by atoms with Gasteiger partial charge < -0.3 is 15.3 Å². The van der Waals surface area contributed by atoms with E-state index in [4.69, 9.17) is 5.11 Å². The SMILES string of the molecule is O=C(O)CCc1ccc(N2CCN(CCC3CCNCC3)CC2)cc1. The Morgan fingerprint density at radius 3 is 2.40 bits per heavy atom. The number of piperidine rings is 1. The Hall–Kier alpha value is -1.59. The van der Waals surface area contributed by atoms with Gasteiger partial charge in [-0.05, 0) is 68.9 Å². The highest BCUT2D eigenvalue weighted by Gasteiger charge is 2.19. The molecule has 2 aliphatic heterocycles. The first-order valence-corrected chi connectivity index (χ1v) is 9.69. The molecule has 0 radical (unpaired) electrons. The number of nitrogens with zero attached hydrogens (tertiary/aromatic N) is 2. The second-order valence-corrected chi connectivity index (χ2v) is 7.37. The Bertz CT molecular complexity index is 532. The summed E-state index contributed by atoms with van der Waals surface area (Å²) in [4.78, 5) is 15.7. The molecule has 0 amide bonds. The zero-order valence-corrected chi connectivity index (χ0v) is 15.1. The number of carboxylic acids is 1. The molecule has 25 heavy (non-hydrogen) atoms. The minimum atomic E-state index is -0.732. The molecule has 2 aliphatic rings. The van der Waals surface area contributed by atoms with Crippen LogP contribution in [0.1, 0.15) is 31.2 Å². The van der Waals surface area contributed by atoms with Crippen LogP contribution < -0.4 is 10.2 Å². The monoisotopic (exact) mass is 345 g/mol. The van der Waals surface area contributed by atoms with E-state index in [9.17, 15) is 4.79 Å². The standard InChI is InChI=1S/C20H31N3O2/c24-20(25)6-3-17-1-4-19(5-2-17)23-15-13-22(14-16-23)12-9-18-7-10-21-11-8-18/h1-2,4-5,18,21H,3,6-16H2,(H,24,25). The number of rotatable bonds is 7. The molecule has 138 valence electrons. The van der Waals surface area contributed by atoms with Gasteiger partial charge in [0.1, 0.15) is 0 Å². The Kier molecular flexibility index (Phi) is 6.70. The van der Waals surface area contributed by atoms with Crippen molar-refractivity contribution in [2.75, 3.05) is 50.7 Å². The van der Waals surface area contributed by atoms with Gasteiger partial charge in [0.2, 0.25) is 0 Å². The summed E-state index contributed by atoms with van der Waals surface area (Å²) in [5.41, 5.74) is 2.36. The Balaban J connectivity index is 1.40. The van der Waals surface area contributed by atoms with E-state index in [1.54, 1.807) is 0 Å². The number of piperazine rings is 1.